The maximum Gasteiger partial charge on any atom is 0.264 e. The number of hydrogen-bond donors (Lipinski definition) is 1. The maximum absolute atomic E-state index is 13.9. The van der Waals surface area contributed by atoms with Gasteiger partial charge in [0.25, 0.3) is 10.0 Å². The van der Waals surface area contributed by atoms with Gasteiger partial charge in [-0.2, -0.15) is 0 Å². The minimum atomic E-state index is -4.14. The normalized spacial score (nSPS) is 12.1. The van der Waals surface area contributed by atoms with Gasteiger partial charge in [0.05, 0.1) is 10.6 Å². The number of anilines is 1. The number of nitrogens with zero attached hydrogens (tertiary/aromatic N) is 2. The zero-order valence-corrected chi connectivity index (χ0v) is 24.3. The molecule has 202 valence electrons. The summed E-state index contributed by atoms with van der Waals surface area (Å²) < 4.78 is 28.9. The first-order valence-electron chi connectivity index (χ1n) is 12.0. The number of nitrogens with one attached hydrogen (secondary N) is 1. The van der Waals surface area contributed by atoms with Crippen LogP contribution in [0, 0.1) is 20.8 Å². The number of sulfonamides is 1. The molecule has 0 radical (unpaired) electrons. The van der Waals surface area contributed by atoms with Crippen molar-refractivity contribution in [2.45, 2.75) is 45.2 Å². The van der Waals surface area contributed by atoms with Crippen molar-refractivity contribution in [2.75, 3.05) is 17.9 Å². The summed E-state index contributed by atoms with van der Waals surface area (Å²) in [6.07, 6.45) is 0. The molecule has 0 heterocycles. The topological polar surface area (TPSA) is 86.8 Å². The summed E-state index contributed by atoms with van der Waals surface area (Å²) in [5.41, 5.74) is 3.39. The van der Waals surface area contributed by atoms with Crippen LogP contribution in [0.2, 0.25) is 10.0 Å². The Morgan fingerprint density at radius 1 is 0.921 bits per heavy atom. The van der Waals surface area contributed by atoms with Gasteiger partial charge in [-0.15, -0.1) is 0 Å². The molecule has 0 aromatic heterocycles. The summed E-state index contributed by atoms with van der Waals surface area (Å²) in [5.74, 6) is -0.966. The Bertz CT molecular complexity index is 1440. The van der Waals surface area contributed by atoms with E-state index in [0.717, 1.165) is 15.4 Å². The van der Waals surface area contributed by atoms with Crippen molar-refractivity contribution >= 4 is 50.7 Å². The molecular weight excluding hydrogens is 545 g/mol. The van der Waals surface area contributed by atoms with Crippen LogP contribution in [0.25, 0.3) is 0 Å². The van der Waals surface area contributed by atoms with Gasteiger partial charge in [-0.25, -0.2) is 8.42 Å². The second-order valence-electron chi connectivity index (χ2n) is 9.16. The summed E-state index contributed by atoms with van der Waals surface area (Å²) in [4.78, 5) is 27.8. The van der Waals surface area contributed by atoms with Gasteiger partial charge in [-0.05, 0) is 74.7 Å². The van der Waals surface area contributed by atoms with Crippen LogP contribution < -0.4 is 9.62 Å². The van der Waals surface area contributed by atoms with Crippen LogP contribution in [0.3, 0.4) is 0 Å². The largest absolute Gasteiger partial charge is 0.357 e. The van der Waals surface area contributed by atoms with Gasteiger partial charge < -0.3 is 10.2 Å². The van der Waals surface area contributed by atoms with Crippen LogP contribution in [-0.4, -0.2) is 44.8 Å². The fourth-order valence-electron chi connectivity index (χ4n) is 3.96. The first-order valence-corrected chi connectivity index (χ1v) is 14.2. The molecular formula is C28H31Cl2N3O4S. The molecule has 0 saturated carbocycles. The number of amides is 2. The van der Waals surface area contributed by atoms with Crippen molar-refractivity contribution < 1.29 is 18.0 Å². The van der Waals surface area contributed by atoms with E-state index < -0.39 is 34.4 Å². The maximum atomic E-state index is 13.9. The zero-order chi connectivity index (χ0) is 28.2. The Labute approximate surface area is 234 Å². The molecule has 1 N–H and O–H groups in total. The lowest BCUT2D eigenvalue weighted by molar-refractivity contribution is -0.139. The van der Waals surface area contributed by atoms with Crippen LogP contribution in [0.15, 0.2) is 65.6 Å². The smallest absolute Gasteiger partial charge is 0.264 e. The van der Waals surface area contributed by atoms with Crippen LogP contribution in [-0.2, 0) is 26.2 Å². The number of benzene rings is 3. The van der Waals surface area contributed by atoms with Crippen LogP contribution in [0.4, 0.5) is 5.69 Å². The quantitative estimate of drug-likeness (QED) is 0.376. The lowest BCUT2D eigenvalue weighted by Crippen LogP contribution is -2.50. The number of carbonyl (C=O) groups is 2. The van der Waals surface area contributed by atoms with E-state index in [4.69, 9.17) is 23.2 Å². The van der Waals surface area contributed by atoms with Crippen molar-refractivity contribution in [1.29, 1.82) is 0 Å². The molecule has 0 aliphatic heterocycles. The van der Waals surface area contributed by atoms with Crippen molar-refractivity contribution in [3.63, 3.8) is 0 Å². The van der Waals surface area contributed by atoms with Crippen molar-refractivity contribution in [2.24, 2.45) is 0 Å². The Balaban J connectivity index is 2.09. The van der Waals surface area contributed by atoms with Crippen LogP contribution in [0.5, 0.6) is 0 Å². The lowest BCUT2D eigenvalue weighted by atomic mass is 10.1. The monoisotopic (exact) mass is 575 g/mol. The highest BCUT2D eigenvalue weighted by molar-refractivity contribution is 7.92. The Morgan fingerprint density at radius 3 is 2.16 bits per heavy atom. The molecule has 0 aliphatic carbocycles. The molecule has 0 bridgehead atoms. The number of halogens is 2. The van der Waals surface area contributed by atoms with E-state index >= 15 is 0 Å². The minimum Gasteiger partial charge on any atom is -0.357 e. The van der Waals surface area contributed by atoms with Crippen molar-refractivity contribution in [3.8, 4) is 0 Å². The number of rotatable bonds is 9. The van der Waals surface area contributed by atoms with E-state index in [0.29, 0.717) is 26.9 Å². The third-order valence-corrected chi connectivity index (χ3v) is 8.65. The molecule has 2 amide bonds. The Hall–Kier alpha value is -3.07. The van der Waals surface area contributed by atoms with Crippen LogP contribution in [0.1, 0.15) is 29.2 Å². The first-order chi connectivity index (χ1) is 17.8. The molecule has 7 nitrogen and oxygen atoms in total. The number of carbonyl (C=O) groups excluding carboxylic acids is 2. The summed E-state index contributed by atoms with van der Waals surface area (Å²) in [7, 11) is -2.66. The first kappa shape index (κ1) is 29.5. The molecule has 3 rings (SSSR count). The molecule has 38 heavy (non-hydrogen) atoms. The summed E-state index contributed by atoms with van der Waals surface area (Å²) >= 11 is 12.4. The SMILES string of the molecule is CNC(=O)C(C)N(Cc1ccc(Cl)cc1Cl)C(=O)CN(c1cc(C)ccc1C)S(=O)(=O)c1ccc(C)cc1. The predicted molar refractivity (Wildman–Crippen MR) is 152 cm³/mol. The molecule has 0 fully saturated rings. The highest BCUT2D eigenvalue weighted by atomic mass is 35.5. The Kier molecular flexibility index (Phi) is 9.46. The average Bonchev–Trinajstić information content (AvgIpc) is 2.87. The van der Waals surface area contributed by atoms with E-state index in [1.807, 2.05) is 26.0 Å². The fraction of sp³-hybridized carbons (Fsp3) is 0.286. The zero-order valence-electron chi connectivity index (χ0n) is 22.0. The van der Waals surface area contributed by atoms with E-state index in [1.165, 1.54) is 24.1 Å². The average molecular weight is 577 g/mol. The highest BCUT2D eigenvalue weighted by Crippen LogP contribution is 2.29. The van der Waals surface area contributed by atoms with Crippen LogP contribution >= 0.6 is 23.2 Å². The third-order valence-electron chi connectivity index (χ3n) is 6.29. The minimum absolute atomic E-state index is 0.0192. The van der Waals surface area contributed by atoms with E-state index in [-0.39, 0.29) is 11.4 Å². The number of aryl methyl sites for hydroxylation is 3. The standard InChI is InChI=1S/C28H31Cl2N3O4S/c1-18-7-12-24(13-8-18)38(36,37)33(26-14-19(2)6-9-20(26)3)17-27(34)32(21(4)28(35)31-5)16-22-10-11-23(29)15-25(22)30/h6-15,21H,16-17H2,1-5H3,(H,31,35). The molecule has 0 aliphatic rings. The van der Waals surface area contributed by atoms with Gasteiger partial charge in [0.2, 0.25) is 11.8 Å². The summed E-state index contributed by atoms with van der Waals surface area (Å²) in [6, 6.07) is 15.8. The molecule has 3 aromatic rings. The predicted octanol–water partition coefficient (Wildman–Crippen LogP) is 5.28. The van der Waals surface area contributed by atoms with Gasteiger partial charge >= 0.3 is 0 Å². The molecule has 1 unspecified atom stereocenters. The van der Waals surface area contributed by atoms with Gasteiger partial charge in [-0.3, -0.25) is 13.9 Å². The third kappa shape index (κ3) is 6.67. The van der Waals surface area contributed by atoms with Gasteiger partial charge in [0.15, 0.2) is 0 Å². The lowest BCUT2D eigenvalue weighted by Gasteiger charge is -2.32. The highest BCUT2D eigenvalue weighted by Gasteiger charge is 2.33. The second kappa shape index (κ2) is 12.2. The van der Waals surface area contributed by atoms with Gasteiger partial charge in [0, 0.05) is 23.6 Å². The van der Waals surface area contributed by atoms with Gasteiger partial charge in [0.1, 0.15) is 12.6 Å². The summed E-state index contributed by atoms with van der Waals surface area (Å²) in [5, 5.41) is 3.32. The van der Waals surface area contributed by atoms with E-state index in [2.05, 4.69) is 5.32 Å². The molecule has 0 saturated heterocycles. The van der Waals surface area contributed by atoms with E-state index in [1.54, 1.807) is 50.2 Å². The molecule has 10 heteroatoms. The van der Waals surface area contributed by atoms with E-state index in [9.17, 15) is 18.0 Å². The number of likely N-dealkylation sites (N-methyl/N-ethyl adjacent to an activating group) is 1. The number of hydrogen-bond acceptors (Lipinski definition) is 4. The summed E-state index contributed by atoms with van der Waals surface area (Å²) in [6.45, 7) is 6.54. The molecule has 0 spiro atoms. The van der Waals surface area contributed by atoms with Gasteiger partial charge in [-0.1, -0.05) is 59.1 Å². The van der Waals surface area contributed by atoms with Crippen molar-refractivity contribution in [1.82, 2.24) is 10.2 Å². The molecule has 1 atom stereocenters. The Morgan fingerprint density at radius 2 is 1.55 bits per heavy atom. The molecule has 3 aromatic carbocycles. The fourth-order valence-corrected chi connectivity index (χ4v) is 5.90. The second-order valence-corrected chi connectivity index (χ2v) is 11.9. The van der Waals surface area contributed by atoms with Crippen molar-refractivity contribution in [3.05, 3.63) is 93.0 Å².